The monoisotopic (exact) mass is 353 g/mol. The second-order valence-corrected chi connectivity index (χ2v) is 7.05. The van der Waals surface area contributed by atoms with Gasteiger partial charge in [-0.1, -0.05) is 41.5 Å². The fraction of sp³-hybridized carbons (Fsp3) is 0.300. The van der Waals surface area contributed by atoms with Crippen molar-refractivity contribution in [3.8, 4) is 0 Å². The molecule has 26 heavy (non-hydrogen) atoms. The predicted octanol–water partition coefficient (Wildman–Crippen LogP) is 3.00. The molecule has 6 nitrogen and oxygen atoms in total. The Bertz CT molecular complexity index is 833. The Labute approximate surface area is 152 Å². The van der Waals surface area contributed by atoms with Crippen LogP contribution in [0.15, 0.2) is 60.7 Å². The van der Waals surface area contributed by atoms with Crippen molar-refractivity contribution in [3.63, 3.8) is 0 Å². The van der Waals surface area contributed by atoms with Gasteiger partial charge < -0.3 is 9.94 Å². The SMILES string of the molecule is CC1(C)N([O])C(c2ccccc2)=[N+]([O-])C1(C)COC(=O)c1ccccc1. The fourth-order valence-electron chi connectivity index (χ4n) is 2.97. The number of ether oxygens (including phenoxy) is 1. The minimum atomic E-state index is -1.23. The molecule has 1 aliphatic heterocycles. The Balaban J connectivity index is 1.91. The summed E-state index contributed by atoms with van der Waals surface area (Å²) >= 11 is 0. The first-order valence-corrected chi connectivity index (χ1v) is 8.38. The van der Waals surface area contributed by atoms with Gasteiger partial charge in [0.15, 0.2) is 11.1 Å². The van der Waals surface area contributed by atoms with E-state index in [9.17, 15) is 15.2 Å². The van der Waals surface area contributed by atoms with Crippen LogP contribution in [0.4, 0.5) is 0 Å². The minimum absolute atomic E-state index is 0.0221. The van der Waals surface area contributed by atoms with E-state index in [1.54, 1.807) is 75.4 Å². The quantitative estimate of drug-likeness (QED) is 0.481. The number of hydroxylamine groups is 3. The lowest BCUT2D eigenvalue weighted by Gasteiger charge is -2.35. The number of hydrogen-bond acceptors (Lipinski definition) is 4. The van der Waals surface area contributed by atoms with Crippen molar-refractivity contribution in [3.05, 3.63) is 77.0 Å². The van der Waals surface area contributed by atoms with Gasteiger partial charge in [-0.05, 0) is 45.0 Å². The van der Waals surface area contributed by atoms with E-state index in [1.807, 2.05) is 6.07 Å². The van der Waals surface area contributed by atoms with Gasteiger partial charge in [0.2, 0.25) is 0 Å². The van der Waals surface area contributed by atoms with Gasteiger partial charge >= 0.3 is 11.8 Å². The molecule has 0 saturated carbocycles. The van der Waals surface area contributed by atoms with Crippen LogP contribution >= 0.6 is 0 Å². The Morgan fingerprint density at radius 1 is 1.04 bits per heavy atom. The third-order valence-corrected chi connectivity index (χ3v) is 5.18. The van der Waals surface area contributed by atoms with Crippen LogP contribution in [0.1, 0.15) is 36.7 Å². The van der Waals surface area contributed by atoms with Gasteiger partial charge in [-0.3, -0.25) is 4.74 Å². The molecular formula is C20H21N2O4. The lowest BCUT2D eigenvalue weighted by atomic mass is 9.83. The zero-order valence-electron chi connectivity index (χ0n) is 15.0. The van der Waals surface area contributed by atoms with Gasteiger partial charge in [0.25, 0.3) is 0 Å². The van der Waals surface area contributed by atoms with Gasteiger partial charge in [0.1, 0.15) is 6.61 Å². The first kappa shape index (κ1) is 17.9. The van der Waals surface area contributed by atoms with Crippen molar-refractivity contribution in [2.24, 2.45) is 0 Å². The minimum Gasteiger partial charge on any atom is -0.714 e. The first-order valence-electron chi connectivity index (χ1n) is 8.38. The van der Waals surface area contributed by atoms with Crippen LogP contribution in [0.25, 0.3) is 0 Å². The number of carbonyl (C=O) groups is 1. The maximum Gasteiger partial charge on any atom is 0.338 e. The van der Waals surface area contributed by atoms with E-state index >= 15 is 0 Å². The molecule has 0 aromatic heterocycles. The number of benzene rings is 2. The fourth-order valence-corrected chi connectivity index (χ4v) is 2.97. The Morgan fingerprint density at radius 3 is 2.15 bits per heavy atom. The van der Waals surface area contributed by atoms with Crippen LogP contribution in [0, 0.1) is 5.21 Å². The highest BCUT2D eigenvalue weighted by Gasteiger charge is 2.63. The third-order valence-electron chi connectivity index (χ3n) is 5.18. The van der Waals surface area contributed by atoms with Gasteiger partial charge in [0, 0.05) is 5.21 Å². The number of carbonyl (C=O) groups excluding carboxylic acids is 1. The average molecular weight is 353 g/mol. The van der Waals surface area contributed by atoms with Crippen LogP contribution in [0.2, 0.25) is 0 Å². The molecule has 135 valence electrons. The topological polar surface area (TPSA) is 75.5 Å². The average Bonchev–Trinajstić information content (AvgIpc) is 2.79. The molecule has 1 radical (unpaired) electrons. The van der Waals surface area contributed by atoms with E-state index in [1.165, 1.54) is 0 Å². The largest absolute Gasteiger partial charge is 0.714 e. The summed E-state index contributed by atoms with van der Waals surface area (Å²) < 4.78 is 6.07. The number of nitrogens with zero attached hydrogens (tertiary/aromatic N) is 2. The molecule has 0 bridgehead atoms. The Morgan fingerprint density at radius 2 is 1.58 bits per heavy atom. The second kappa shape index (κ2) is 6.46. The summed E-state index contributed by atoms with van der Waals surface area (Å²) in [6.45, 7) is 4.79. The molecule has 0 spiro atoms. The summed E-state index contributed by atoms with van der Waals surface area (Å²) in [5, 5.41) is 26.6. The van der Waals surface area contributed by atoms with E-state index < -0.39 is 17.0 Å². The normalized spacial score (nSPS) is 21.8. The highest BCUT2D eigenvalue weighted by Crippen LogP contribution is 2.38. The van der Waals surface area contributed by atoms with E-state index in [4.69, 9.17) is 4.74 Å². The summed E-state index contributed by atoms with van der Waals surface area (Å²) in [5.74, 6) is -0.504. The smallest absolute Gasteiger partial charge is 0.338 e. The predicted molar refractivity (Wildman–Crippen MR) is 95.9 cm³/mol. The molecule has 2 aromatic carbocycles. The third kappa shape index (κ3) is 2.72. The molecular weight excluding hydrogens is 332 g/mol. The molecule has 1 heterocycles. The van der Waals surface area contributed by atoms with Crippen LogP contribution in [0.3, 0.4) is 0 Å². The maximum absolute atomic E-state index is 13.0. The van der Waals surface area contributed by atoms with Crippen molar-refractivity contribution in [1.82, 2.24) is 5.06 Å². The van der Waals surface area contributed by atoms with Crippen molar-refractivity contribution in [2.45, 2.75) is 31.8 Å². The molecule has 0 aliphatic carbocycles. The summed E-state index contributed by atoms with van der Waals surface area (Å²) in [6, 6.07) is 17.3. The molecule has 1 aliphatic rings. The van der Waals surface area contributed by atoms with Crippen molar-refractivity contribution < 1.29 is 19.5 Å². The molecule has 0 N–H and O–H groups in total. The summed E-state index contributed by atoms with van der Waals surface area (Å²) in [7, 11) is 0. The Hall–Kier alpha value is -2.86. The number of amidine groups is 1. The maximum atomic E-state index is 13.0. The first-order chi connectivity index (χ1) is 12.3. The number of hydrogen-bond donors (Lipinski definition) is 0. The summed E-state index contributed by atoms with van der Waals surface area (Å²) in [6.07, 6.45) is 0. The van der Waals surface area contributed by atoms with Crippen LogP contribution in [-0.4, -0.2) is 39.3 Å². The van der Waals surface area contributed by atoms with Crippen molar-refractivity contribution in [2.75, 3.05) is 6.61 Å². The molecule has 2 aromatic rings. The van der Waals surface area contributed by atoms with Crippen LogP contribution in [-0.2, 0) is 9.94 Å². The van der Waals surface area contributed by atoms with Gasteiger partial charge in [0.05, 0.1) is 11.1 Å². The van der Waals surface area contributed by atoms with Crippen molar-refractivity contribution >= 4 is 11.8 Å². The standard InChI is InChI=1S/C20H21N2O4/c1-19(2)20(3,14-26-18(23)16-12-8-5-9-13-16)22(25)17(21(19)24)15-10-6-4-7-11-15/h4-13H,14H2,1-3H3. The lowest BCUT2D eigenvalue weighted by molar-refractivity contribution is -0.548. The van der Waals surface area contributed by atoms with Gasteiger partial charge in [-0.15, -0.1) is 0 Å². The molecule has 0 amide bonds. The zero-order chi connectivity index (χ0) is 18.9. The van der Waals surface area contributed by atoms with Gasteiger partial charge in [-0.2, -0.15) is 0 Å². The number of esters is 1. The molecule has 0 fully saturated rings. The molecule has 6 heteroatoms. The highest BCUT2D eigenvalue weighted by molar-refractivity contribution is 5.96. The molecule has 3 rings (SSSR count). The lowest BCUT2D eigenvalue weighted by Crippen LogP contribution is -2.58. The van der Waals surface area contributed by atoms with E-state index in [-0.39, 0.29) is 12.4 Å². The van der Waals surface area contributed by atoms with Crippen molar-refractivity contribution in [1.29, 1.82) is 0 Å². The Kier molecular flexibility index (Phi) is 4.46. The second-order valence-electron chi connectivity index (χ2n) is 7.05. The van der Waals surface area contributed by atoms with Gasteiger partial charge in [-0.25, -0.2) is 4.79 Å². The molecule has 1 atom stereocenters. The van der Waals surface area contributed by atoms with E-state index in [0.29, 0.717) is 20.9 Å². The number of rotatable bonds is 4. The van der Waals surface area contributed by atoms with Crippen LogP contribution < -0.4 is 0 Å². The summed E-state index contributed by atoms with van der Waals surface area (Å²) in [4.78, 5) is 12.3. The van der Waals surface area contributed by atoms with Crippen LogP contribution in [0.5, 0.6) is 0 Å². The van der Waals surface area contributed by atoms with E-state index in [0.717, 1.165) is 0 Å². The zero-order valence-corrected chi connectivity index (χ0v) is 15.0. The molecule has 0 saturated heterocycles. The van der Waals surface area contributed by atoms with E-state index in [2.05, 4.69) is 0 Å². The summed E-state index contributed by atoms with van der Waals surface area (Å²) in [5.41, 5.74) is -1.39. The molecule has 1 unspecified atom stereocenters. The highest BCUT2D eigenvalue weighted by atomic mass is 16.6.